The fraction of sp³-hybridized carbons (Fsp3) is 0.250. The number of aliphatic hydroxyl groups is 1. The summed E-state index contributed by atoms with van der Waals surface area (Å²) in [7, 11) is 4.05. The number of hydrogen-bond donors (Lipinski definition) is 1. The molecule has 0 aliphatic heterocycles. The molecule has 3 nitrogen and oxygen atoms in total. The molecule has 2 rings (SSSR count). The molecule has 0 unspecified atom stereocenters. The molecule has 0 aliphatic rings. The molecule has 1 N–H and O–H groups in total. The molecule has 0 radical (unpaired) electrons. The van der Waals surface area contributed by atoms with E-state index in [0.29, 0.717) is 5.75 Å². The lowest BCUT2D eigenvalue weighted by atomic mass is 10.2. The largest absolute Gasteiger partial charge is 0.457 e. The molecule has 0 aliphatic carbocycles. The van der Waals surface area contributed by atoms with Crippen LogP contribution in [-0.4, -0.2) is 24.1 Å². The van der Waals surface area contributed by atoms with Gasteiger partial charge in [0.15, 0.2) is 0 Å². The van der Waals surface area contributed by atoms with Crippen molar-refractivity contribution in [2.45, 2.75) is 13.2 Å². The van der Waals surface area contributed by atoms with Crippen LogP contribution in [-0.2, 0) is 13.2 Å². The van der Waals surface area contributed by atoms with Gasteiger partial charge in [0, 0.05) is 17.7 Å². The van der Waals surface area contributed by atoms with Crippen LogP contribution in [0.4, 0.5) is 0 Å². The van der Waals surface area contributed by atoms with Crippen LogP contribution in [0, 0.1) is 0 Å². The SMILES string of the molecule is CN(C)Cc1ccccc1Oc1ccccc1CO. The summed E-state index contributed by atoms with van der Waals surface area (Å²) in [6, 6.07) is 15.5. The molecular weight excluding hydrogens is 238 g/mol. The fourth-order valence-electron chi connectivity index (χ4n) is 1.93. The summed E-state index contributed by atoms with van der Waals surface area (Å²) in [5.41, 5.74) is 1.92. The average molecular weight is 257 g/mol. The minimum absolute atomic E-state index is 0.0218. The first-order valence-electron chi connectivity index (χ1n) is 6.30. The number of nitrogens with zero attached hydrogens (tertiary/aromatic N) is 1. The molecule has 0 atom stereocenters. The van der Waals surface area contributed by atoms with E-state index in [2.05, 4.69) is 11.0 Å². The Kier molecular flexibility index (Phi) is 4.55. The van der Waals surface area contributed by atoms with E-state index >= 15 is 0 Å². The third-order valence-corrected chi connectivity index (χ3v) is 2.82. The predicted octanol–water partition coefficient (Wildman–Crippen LogP) is 3.03. The van der Waals surface area contributed by atoms with E-state index in [0.717, 1.165) is 23.4 Å². The van der Waals surface area contributed by atoms with Crippen LogP contribution in [0.25, 0.3) is 0 Å². The van der Waals surface area contributed by atoms with Crippen LogP contribution in [0.5, 0.6) is 11.5 Å². The lowest BCUT2D eigenvalue weighted by Crippen LogP contribution is -2.11. The first kappa shape index (κ1) is 13.6. The van der Waals surface area contributed by atoms with Gasteiger partial charge < -0.3 is 14.7 Å². The number of benzene rings is 2. The van der Waals surface area contributed by atoms with Gasteiger partial charge in [-0.2, -0.15) is 0 Å². The molecule has 0 saturated carbocycles. The normalized spacial score (nSPS) is 10.7. The second kappa shape index (κ2) is 6.36. The predicted molar refractivity (Wildman–Crippen MR) is 76.3 cm³/mol. The topological polar surface area (TPSA) is 32.7 Å². The van der Waals surface area contributed by atoms with Crippen LogP contribution in [0.1, 0.15) is 11.1 Å². The molecule has 3 heteroatoms. The highest BCUT2D eigenvalue weighted by Gasteiger charge is 2.07. The maximum atomic E-state index is 9.32. The van der Waals surface area contributed by atoms with Crippen molar-refractivity contribution < 1.29 is 9.84 Å². The summed E-state index contributed by atoms with van der Waals surface area (Å²) in [5, 5.41) is 9.32. The summed E-state index contributed by atoms with van der Waals surface area (Å²) in [5.74, 6) is 1.54. The van der Waals surface area contributed by atoms with Gasteiger partial charge in [0.2, 0.25) is 0 Å². The van der Waals surface area contributed by atoms with Crippen LogP contribution in [0.15, 0.2) is 48.5 Å². The van der Waals surface area contributed by atoms with Crippen LogP contribution in [0.3, 0.4) is 0 Å². The zero-order valence-electron chi connectivity index (χ0n) is 11.3. The van der Waals surface area contributed by atoms with Gasteiger partial charge in [-0.05, 0) is 26.2 Å². The van der Waals surface area contributed by atoms with Crippen molar-refractivity contribution in [3.8, 4) is 11.5 Å². The van der Waals surface area contributed by atoms with E-state index in [9.17, 15) is 5.11 Å². The summed E-state index contributed by atoms with van der Waals surface area (Å²) in [6.45, 7) is 0.795. The van der Waals surface area contributed by atoms with Gasteiger partial charge >= 0.3 is 0 Å². The molecule has 0 fully saturated rings. The maximum Gasteiger partial charge on any atom is 0.132 e. The Hall–Kier alpha value is -1.84. The highest BCUT2D eigenvalue weighted by molar-refractivity contribution is 5.41. The summed E-state index contributed by atoms with van der Waals surface area (Å²) >= 11 is 0. The highest BCUT2D eigenvalue weighted by atomic mass is 16.5. The highest BCUT2D eigenvalue weighted by Crippen LogP contribution is 2.28. The monoisotopic (exact) mass is 257 g/mol. The Morgan fingerprint density at radius 1 is 0.895 bits per heavy atom. The van der Waals surface area contributed by atoms with Gasteiger partial charge in [0.05, 0.1) is 6.61 Å². The molecule has 0 bridgehead atoms. The van der Waals surface area contributed by atoms with Crippen molar-refractivity contribution in [3.05, 3.63) is 59.7 Å². The Bertz CT molecular complexity index is 538. The Morgan fingerprint density at radius 3 is 2.00 bits per heavy atom. The van der Waals surface area contributed by atoms with Crippen molar-refractivity contribution >= 4 is 0 Å². The second-order valence-corrected chi connectivity index (χ2v) is 4.71. The lowest BCUT2D eigenvalue weighted by molar-refractivity contribution is 0.276. The Morgan fingerprint density at radius 2 is 1.42 bits per heavy atom. The molecule has 2 aromatic rings. The third-order valence-electron chi connectivity index (χ3n) is 2.82. The molecule has 0 amide bonds. The number of ether oxygens (including phenoxy) is 1. The van der Waals surface area contributed by atoms with Gasteiger partial charge in [-0.25, -0.2) is 0 Å². The van der Waals surface area contributed by atoms with Gasteiger partial charge in [-0.15, -0.1) is 0 Å². The van der Waals surface area contributed by atoms with E-state index in [-0.39, 0.29) is 6.61 Å². The molecule has 2 aromatic carbocycles. The van der Waals surface area contributed by atoms with Crippen molar-refractivity contribution in [1.82, 2.24) is 4.90 Å². The first-order chi connectivity index (χ1) is 9.20. The average Bonchev–Trinajstić information content (AvgIpc) is 2.41. The summed E-state index contributed by atoms with van der Waals surface area (Å²) < 4.78 is 5.95. The molecule has 19 heavy (non-hydrogen) atoms. The number of para-hydroxylation sites is 2. The van der Waals surface area contributed by atoms with Crippen molar-refractivity contribution in [2.75, 3.05) is 14.1 Å². The van der Waals surface area contributed by atoms with Crippen LogP contribution < -0.4 is 4.74 Å². The second-order valence-electron chi connectivity index (χ2n) is 4.71. The van der Waals surface area contributed by atoms with Crippen molar-refractivity contribution in [2.24, 2.45) is 0 Å². The third kappa shape index (κ3) is 3.56. The van der Waals surface area contributed by atoms with E-state index in [1.807, 2.05) is 56.6 Å². The summed E-state index contributed by atoms with van der Waals surface area (Å²) in [4.78, 5) is 2.10. The lowest BCUT2D eigenvalue weighted by Gasteiger charge is -2.16. The minimum Gasteiger partial charge on any atom is -0.457 e. The van der Waals surface area contributed by atoms with Crippen molar-refractivity contribution in [3.63, 3.8) is 0 Å². The standard InChI is InChI=1S/C16H19NO2/c1-17(2)11-13-7-3-5-9-15(13)19-16-10-6-4-8-14(16)12-18/h3-10,18H,11-12H2,1-2H3. The zero-order chi connectivity index (χ0) is 13.7. The molecule has 0 heterocycles. The molecular formula is C16H19NO2. The molecule has 0 aromatic heterocycles. The van der Waals surface area contributed by atoms with Gasteiger partial charge in [0.1, 0.15) is 11.5 Å². The quantitative estimate of drug-likeness (QED) is 0.893. The first-order valence-corrected chi connectivity index (χ1v) is 6.30. The Labute approximate surface area is 114 Å². The van der Waals surface area contributed by atoms with Crippen molar-refractivity contribution in [1.29, 1.82) is 0 Å². The number of rotatable bonds is 5. The van der Waals surface area contributed by atoms with Gasteiger partial charge in [-0.3, -0.25) is 0 Å². The van der Waals surface area contributed by atoms with E-state index in [1.165, 1.54) is 0 Å². The zero-order valence-corrected chi connectivity index (χ0v) is 11.3. The molecule has 0 saturated heterocycles. The van der Waals surface area contributed by atoms with E-state index in [1.54, 1.807) is 0 Å². The maximum absolute atomic E-state index is 9.32. The number of hydrogen-bond acceptors (Lipinski definition) is 3. The van der Waals surface area contributed by atoms with Crippen LogP contribution >= 0.6 is 0 Å². The Balaban J connectivity index is 2.27. The fourth-order valence-corrected chi connectivity index (χ4v) is 1.93. The summed E-state index contributed by atoms with van der Waals surface area (Å²) in [6.07, 6.45) is 0. The minimum atomic E-state index is -0.0218. The molecule has 0 spiro atoms. The van der Waals surface area contributed by atoms with Gasteiger partial charge in [0.25, 0.3) is 0 Å². The van der Waals surface area contributed by atoms with Gasteiger partial charge in [-0.1, -0.05) is 36.4 Å². The smallest absolute Gasteiger partial charge is 0.132 e. The van der Waals surface area contributed by atoms with Crippen LogP contribution in [0.2, 0.25) is 0 Å². The van der Waals surface area contributed by atoms with E-state index in [4.69, 9.17) is 4.74 Å². The molecule has 100 valence electrons. The van der Waals surface area contributed by atoms with E-state index < -0.39 is 0 Å². The number of aliphatic hydroxyl groups excluding tert-OH is 1.